The molecule has 1 aromatic heterocycles. The van der Waals surface area contributed by atoms with E-state index in [1.165, 1.54) is 52.4 Å². The Morgan fingerprint density at radius 3 is 2.69 bits per heavy atom. The maximum Gasteiger partial charge on any atom is 0.347 e. The molecule has 0 unspecified atom stereocenters. The number of nitro groups is 1. The summed E-state index contributed by atoms with van der Waals surface area (Å²) in [6.45, 7) is 3.69. The molecule has 2 N–H and O–H groups in total. The molecule has 1 aliphatic rings. The van der Waals surface area contributed by atoms with Gasteiger partial charge in [0.25, 0.3) is 5.69 Å². The van der Waals surface area contributed by atoms with E-state index in [1.54, 1.807) is 6.21 Å². The van der Waals surface area contributed by atoms with Gasteiger partial charge in [0.05, 0.1) is 15.9 Å². The Morgan fingerprint density at radius 2 is 2.10 bits per heavy atom. The summed E-state index contributed by atoms with van der Waals surface area (Å²) in [5, 5.41) is 32.1. The standard InChI is InChI=1S/C17H17N5O4S3/c1-17(2)14(20(16(27)29-17)18-10-13-4-3-9-28-13)21(24)15(23)19-11-5-7-12(8-6-11)22(25)26/h3-10,14,24H,1-2H3,(H,19,23)/b18-10-/t14-/m0/s1. The van der Waals surface area contributed by atoms with Gasteiger partial charge >= 0.3 is 6.03 Å². The number of thiophene rings is 1. The van der Waals surface area contributed by atoms with Gasteiger partial charge in [0.15, 0.2) is 10.5 Å². The minimum atomic E-state index is -0.853. The number of nitrogens with zero attached hydrogens (tertiary/aromatic N) is 4. The number of carbonyl (C=O) groups excluding carboxylic acids is 1. The fourth-order valence-corrected chi connectivity index (χ4v) is 5.04. The minimum Gasteiger partial charge on any atom is -0.306 e. The first-order valence-electron chi connectivity index (χ1n) is 8.32. The Balaban J connectivity index is 1.78. The molecular weight excluding hydrogens is 434 g/mol. The summed E-state index contributed by atoms with van der Waals surface area (Å²) in [5.74, 6) is 0. The molecule has 29 heavy (non-hydrogen) atoms. The number of hydrogen-bond acceptors (Lipinski definition) is 8. The first-order valence-corrected chi connectivity index (χ1v) is 10.4. The minimum absolute atomic E-state index is 0.100. The molecule has 2 amide bonds. The molecular formula is C17H17N5O4S3. The van der Waals surface area contributed by atoms with E-state index < -0.39 is 21.9 Å². The zero-order valence-corrected chi connectivity index (χ0v) is 17.8. The van der Waals surface area contributed by atoms with Crippen LogP contribution < -0.4 is 5.32 Å². The Kier molecular flexibility index (Phi) is 6.17. The molecule has 2 heterocycles. The summed E-state index contributed by atoms with van der Waals surface area (Å²) in [6.07, 6.45) is 0.767. The van der Waals surface area contributed by atoms with Gasteiger partial charge in [-0.25, -0.2) is 9.80 Å². The number of nitrogens with one attached hydrogen (secondary N) is 1. The first-order chi connectivity index (χ1) is 13.7. The van der Waals surface area contributed by atoms with Crippen molar-refractivity contribution in [2.45, 2.75) is 24.8 Å². The van der Waals surface area contributed by atoms with Crippen LogP contribution in [0.25, 0.3) is 0 Å². The maximum absolute atomic E-state index is 12.6. The van der Waals surface area contributed by atoms with Gasteiger partial charge in [-0.05, 0) is 37.4 Å². The third-order valence-corrected chi connectivity index (χ3v) is 6.36. The number of hydrazone groups is 1. The van der Waals surface area contributed by atoms with Crippen molar-refractivity contribution in [3.63, 3.8) is 0 Å². The SMILES string of the molecule is CC1(C)SC(=S)N(/N=C\c2cccs2)[C@H]1N(O)C(=O)Nc1ccc([N+](=O)[O-])cc1. The Bertz CT molecular complexity index is 946. The number of hydroxylamine groups is 2. The zero-order valence-electron chi connectivity index (χ0n) is 15.4. The number of rotatable bonds is 5. The van der Waals surface area contributed by atoms with Crippen LogP contribution in [0, 0.1) is 10.1 Å². The molecule has 0 saturated carbocycles. The molecule has 1 fully saturated rings. The van der Waals surface area contributed by atoms with E-state index in [4.69, 9.17) is 12.2 Å². The number of nitro benzene ring substituents is 1. The van der Waals surface area contributed by atoms with Crippen LogP contribution >= 0.6 is 35.3 Å². The van der Waals surface area contributed by atoms with E-state index in [2.05, 4.69) is 10.4 Å². The largest absolute Gasteiger partial charge is 0.347 e. The Morgan fingerprint density at radius 1 is 1.41 bits per heavy atom. The lowest BCUT2D eigenvalue weighted by atomic mass is 10.1. The van der Waals surface area contributed by atoms with Crippen molar-refractivity contribution in [2.24, 2.45) is 5.10 Å². The summed E-state index contributed by atoms with van der Waals surface area (Å²) in [4.78, 5) is 23.7. The lowest BCUT2D eigenvalue weighted by molar-refractivity contribution is -0.384. The van der Waals surface area contributed by atoms with Crippen molar-refractivity contribution < 1.29 is 14.9 Å². The van der Waals surface area contributed by atoms with Gasteiger partial charge in [0, 0.05) is 22.7 Å². The third-order valence-electron chi connectivity index (χ3n) is 4.01. The van der Waals surface area contributed by atoms with Gasteiger partial charge in [-0.15, -0.1) is 11.3 Å². The Labute approximate surface area is 180 Å². The van der Waals surface area contributed by atoms with Crippen LogP contribution in [0.5, 0.6) is 0 Å². The van der Waals surface area contributed by atoms with Crippen LogP contribution in [-0.4, -0.2) is 47.7 Å². The second-order valence-electron chi connectivity index (χ2n) is 6.53. The molecule has 12 heteroatoms. The van der Waals surface area contributed by atoms with Crippen LogP contribution in [-0.2, 0) is 0 Å². The number of amides is 2. The average Bonchev–Trinajstić information content (AvgIpc) is 3.24. The van der Waals surface area contributed by atoms with Crippen LogP contribution in [0.2, 0.25) is 0 Å². The highest BCUT2D eigenvalue weighted by Crippen LogP contribution is 2.42. The van der Waals surface area contributed by atoms with Gasteiger partial charge < -0.3 is 5.32 Å². The van der Waals surface area contributed by atoms with Crippen molar-refractivity contribution in [1.82, 2.24) is 10.1 Å². The number of non-ortho nitro benzene ring substituents is 1. The molecule has 1 aromatic carbocycles. The van der Waals surface area contributed by atoms with E-state index in [1.807, 2.05) is 31.4 Å². The van der Waals surface area contributed by atoms with Gasteiger partial charge in [-0.1, -0.05) is 30.0 Å². The highest BCUT2D eigenvalue weighted by molar-refractivity contribution is 8.24. The molecule has 152 valence electrons. The molecule has 0 spiro atoms. The van der Waals surface area contributed by atoms with Crippen LogP contribution in [0.3, 0.4) is 0 Å². The second kappa shape index (κ2) is 8.45. The first kappa shape index (κ1) is 21.2. The summed E-state index contributed by atoms with van der Waals surface area (Å²) < 4.78 is -0.208. The van der Waals surface area contributed by atoms with Gasteiger partial charge in [0.2, 0.25) is 0 Å². The number of hydrogen-bond donors (Lipinski definition) is 2. The highest BCUT2D eigenvalue weighted by Gasteiger charge is 2.50. The lowest BCUT2D eigenvalue weighted by Gasteiger charge is -2.34. The van der Waals surface area contributed by atoms with E-state index in [9.17, 15) is 20.1 Å². The van der Waals surface area contributed by atoms with Gasteiger partial charge in [-0.2, -0.15) is 10.2 Å². The number of benzene rings is 1. The molecule has 1 saturated heterocycles. The molecule has 2 aromatic rings. The molecule has 0 bridgehead atoms. The highest BCUT2D eigenvalue weighted by atomic mass is 32.2. The molecule has 1 atom stereocenters. The molecule has 9 nitrogen and oxygen atoms in total. The quantitative estimate of drug-likeness (QED) is 0.228. The van der Waals surface area contributed by atoms with Crippen molar-refractivity contribution in [3.05, 3.63) is 56.8 Å². The van der Waals surface area contributed by atoms with Crippen LogP contribution in [0.15, 0.2) is 46.9 Å². The Hall–Kier alpha value is -2.54. The summed E-state index contributed by atoms with van der Waals surface area (Å²) in [7, 11) is 0. The average molecular weight is 452 g/mol. The van der Waals surface area contributed by atoms with Crippen LogP contribution in [0.4, 0.5) is 16.2 Å². The summed E-state index contributed by atoms with van der Waals surface area (Å²) >= 11 is 8.20. The normalized spacial score (nSPS) is 18.2. The molecule has 0 radical (unpaired) electrons. The van der Waals surface area contributed by atoms with Crippen LogP contribution in [0.1, 0.15) is 18.7 Å². The maximum atomic E-state index is 12.6. The molecule has 3 rings (SSSR count). The van der Waals surface area contributed by atoms with Crippen molar-refractivity contribution in [2.75, 3.05) is 5.32 Å². The predicted octanol–water partition coefficient (Wildman–Crippen LogP) is 4.35. The smallest absolute Gasteiger partial charge is 0.306 e. The van der Waals surface area contributed by atoms with Crippen molar-refractivity contribution in [3.8, 4) is 0 Å². The van der Waals surface area contributed by atoms with E-state index in [-0.39, 0.29) is 5.69 Å². The van der Waals surface area contributed by atoms with E-state index in [0.717, 1.165) is 4.88 Å². The zero-order chi connectivity index (χ0) is 21.2. The van der Waals surface area contributed by atoms with Gasteiger partial charge in [0.1, 0.15) is 0 Å². The third kappa shape index (κ3) is 4.72. The number of anilines is 1. The lowest BCUT2D eigenvalue weighted by Crippen LogP contribution is -2.54. The topological polar surface area (TPSA) is 111 Å². The van der Waals surface area contributed by atoms with E-state index in [0.29, 0.717) is 15.1 Å². The number of urea groups is 1. The molecule has 1 aliphatic heterocycles. The van der Waals surface area contributed by atoms with Crippen molar-refractivity contribution >= 4 is 63.3 Å². The second-order valence-corrected chi connectivity index (χ2v) is 9.80. The number of carbonyl (C=O) groups is 1. The summed E-state index contributed by atoms with van der Waals surface area (Å²) in [5.41, 5.74) is 0.205. The van der Waals surface area contributed by atoms with E-state index >= 15 is 0 Å². The summed E-state index contributed by atoms with van der Waals surface area (Å²) in [6, 6.07) is 8.27. The molecule has 0 aliphatic carbocycles. The number of thiocarbonyl (C=S) groups is 1. The monoisotopic (exact) mass is 451 g/mol. The fourth-order valence-electron chi connectivity index (χ4n) is 2.67. The predicted molar refractivity (Wildman–Crippen MR) is 118 cm³/mol. The fraction of sp³-hybridized carbons (Fsp3) is 0.235. The van der Waals surface area contributed by atoms with Crippen molar-refractivity contribution in [1.29, 1.82) is 0 Å². The van der Waals surface area contributed by atoms with Gasteiger partial charge in [-0.3, -0.25) is 15.3 Å². The number of thioether (sulfide) groups is 1.